The quantitative estimate of drug-likeness (QED) is 0.661. The Bertz CT molecular complexity index is 539. The predicted octanol–water partition coefficient (Wildman–Crippen LogP) is 4.15. The first-order chi connectivity index (χ1) is 7.29. The highest BCUT2D eigenvalue weighted by molar-refractivity contribution is 9.10. The second-order valence-electron chi connectivity index (χ2n) is 3.50. The molecular formula is C12H7BrClN. The van der Waals surface area contributed by atoms with E-state index in [1.165, 1.54) is 0 Å². The summed E-state index contributed by atoms with van der Waals surface area (Å²) in [6, 6.07) is 10.1. The molecule has 1 aromatic carbocycles. The van der Waals surface area contributed by atoms with Crippen molar-refractivity contribution in [2.45, 2.75) is 5.38 Å². The Morgan fingerprint density at radius 1 is 1.20 bits per heavy atom. The molecule has 0 spiro atoms. The number of benzene rings is 1. The monoisotopic (exact) mass is 279 g/mol. The van der Waals surface area contributed by atoms with Gasteiger partial charge < -0.3 is 0 Å². The lowest BCUT2D eigenvalue weighted by Crippen LogP contribution is -1.88. The maximum absolute atomic E-state index is 6.41. The van der Waals surface area contributed by atoms with Gasteiger partial charge in [-0.3, -0.25) is 4.98 Å². The third-order valence-electron chi connectivity index (χ3n) is 2.68. The van der Waals surface area contributed by atoms with Gasteiger partial charge in [-0.05, 0) is 11.6 Å². The number of pyridine rings is 1. The van der Waals surface area contributed by atoms with Gasteiger partial charge in [0.2, 0.25) is 0 Å². The lowest BCUT2D eigenvalue weighted by Gasteiger charge is -2.04. The number of alkyl halides is 1. The average Bonchev–Trinajstić information content (AvgIpc) is 2.55. The number of hydrogen-bond acceptors (Lipinski definition) is 1. The van der Waals surface area contributed by atoms with E-state index < -0.39 is 0 Å². The van der Waals surface area contributed by atoms with Crippen LogP contribution in [-0.4, -0.2) is 4.98 Å². The second-order valence-corrected chi connectivity index (χ2v) is 4.80. The van der Waals surface area contributed by atoms with Crippen LogP contribution < -0.4 is 0 Å². The average molecular weight is 281 g/mol. The highest BCUT2D eigenvalue weighted by Crippen LogP contribution is 2.48. The van der Waals surface area contributed by atoms with Crippen molar-refractivity contribution in [1.82, 2.24) is 4.98 Å². The summed E-state index contributed by atoms with van der Waals surface area (Å²) < 4.78 is 1.03. The molecule has 3 heteroatoms. The van der Waals surface area contributed by atoms with E-state index in [4.69, 9.17) is 11.6 Å². The van der Waals surface area contributed by atoms with Crippen molar-refractivity contribution in [3.05, 3.63) is 52.1 Å². The molecule has 1 atom stereocenters. The topological polar surface area (TPSA) is 12.9 Å². The van der Waals surface area contributed by atoms with Crippen molar-refractivity contribution in [2.75, 3.05) is 0 Å². The van der Waals surface area contributed by atoms with Crippen molar-refractivity contribution in [3.63, 3.8) is 0 Å². The molecule has 74 valence electrons. The molecule has 15 heavy (non-hydrogen) atoms. The largest absolute Gasteiger partial charge is 0.256 e. The van der Waals surface area contributed by atoms with E-state index in [0.717, 1.165) is 26.9 Å². The molecule has 0 N–H and O–H groups in total. The SMILES string of the molecule is ClC1c2ccccc2-c2nccc(Br)c21. The third kappa shape index (κ3) is 1.25. The van der Waals surface area contributed by atoms with Gasteiger partial charge in [-0.1, -0.05) is 40.2 Å². The van der Waals surface area contributed by atoms with E-state index in [-0.39, 0.29) is 5.38 Å². The molecule has 0 aliphatic heterocycles. The minimum absolute atomic E-state index is 0.0840. The normalized spacial score (nSPS) is 17.3. The summed E-state index contributed by atoms with van der Waals surface area (Å²) >= 11 is 9.93. The summed E-state index contributed by atoms with van der Waals surface area (Å²) in [6.45, 7) is 0. The summed E-state index contributed by atoms with van der Waals surface area (Å²) in [5.41, 5.74) is 4.38. The molecule has 0 fully saturated rings. The first-order valence-electron chi connectivity index (χ1n) is 4.67. The highest BCUT2D eigenvalue weighted by atomic mass is 79.9. The molecule has 2 aromatic rings. The van der Waals surface area contributed by atoms with E-state index in [1.54, 1.807) is 6.20 Å². The number of aromatic nitrogens is 1. The van der Waals surface area contributed by atoms with Gasteiger partial charge in [-0.2, -0.15) is 0 Å². The molecule has 0 radical (unpaired) electrons. The fourth-order valence-corrected chi connectivity index (χ4v) is 3.07. The summed E-state index contributed by atoms with van der Waals surface area (Å²) in [7, 11) is 0. The van der Waals surface area contributed by atoms with Crippen molar-refractivity contribution in [1.29, 1.82) is 0 Å². The molecule has 1 aliphatic rings. The summed E-state index contributed by atoms with van der Waals surface area (Å²) in [5.74, 6) is 0. The van der Waals surface area contributed by atoms with E-state index in [9.17, 15) is 0 Å². The molecule has 0 bridgehead atoms. The molecule has 1 aliphatic carbocycles. The highest BCUT2D eigenvalue weighted by Gasteiger charge is 2.29. The van der Waals surface area contributed by atoms with Gasteiger partial charge >= 0.3 is 0 Å². The van der Waals surface area contributed by atoms with Gasteiger partial charge in [0.05, 0.1) is 11.1 Å². The first-order valence-corrected chi connectivity index (χ1v) is 5.90. The lowest BCUT2D eigenvalue weighted by atomic mass is 10.1. The van der Waals surface area contributed by atoms with Gasteiger partial charge in [-0.25, -0.2) is 0 Å². The maximum Gasteiger partial charge on any atom is 0.0874 e. The molecule has 0 saturated carbocycles. The Kier molecular flexibility index (Phi) is 2.08. The van der Waals surface area contributed by atoms with Crippen molar-refractivity contribution < 1.29 is 0 Å². The molecule has 0 saturated heterocycles. The fourth-order valence-electron chi connectivity index (χ4n) is 1.99. The van der Waals surface area contributed by atoms with Crippen LogP contribution in [0.15, 0.2) is 41.0 Å². The molecule has 1 heterocycles. The fraction of sp³-hybridized carbons (Fsp3) is 0.0833. The molecular weight excluding hydrogens is 273 g/mol. The molecule has 0 amide bonds. The number of fused-ring (bicyclic) bond motifs is 3. The van der Waals surface area contributed by atoms with Crippen LogP contribution in [0.25, 0.3) is 11.3 Å². The van der Waals surface area contributed by atoms with Crippen molar-refractivity contribution >= 4 is 27.5 Å². The van der Waals surface area contributed by atoms with E-state index in [2.05, 4.69) is 33.0 Å². The van der Waals surface area contributed by atoms with Gasteiger partial charge in [0, 0.05) is 21.8 Å². The van der Waals surface area contributed by atoms with Crippen molar-refractivity contribution in [3.8, 4) is 11.3 Å². The minimum atomic E-state index is -0.0840. The lowest BCUT2D eigenvalue weighted by molar-refractivity contribution is 1.17. The number of halogens is 2. The molecule has 3 rings (SSSR count). The minimum Gasteiger partial charge on any atom is -0.256 e. The zero-order chi connectivity index (χ0) is 10.4. The van der Waals surface area contributed by atoms with Crippen LogP contribution in [0.2, 0.25) is 0 Å². The van der Waals surface area contributed by atoms with Crippen molar-refractivity contribution in [2.24, 2.45) is 0 Å². The third-order valence-corrected chi connectivity index (χ3v) is 3.82. The molecule has 1 nitrogen and oxygen atoms in total. The Morgan fingerprint density at radius 2 is 2.00 bits per heavy atom. The number of nitrogens with zero attached hydrogens (tertiary/aromatic N) is 1. The summed E-state index contributed by atoms with van der Waals surface area (Å²) in [4.78, 5) is 4.40. The number of hydrogen-bond donors (Lipinski definition) is 0. The Balaban J connectivity index is 2.37. The van der Waals surface area contributed by atoms with Gasteiger partial charge in [0.1, 0.15) is 0 Å². The maximum atomic E-state index is 6.41. The predicted molar refractivity (Wildman–Crippen MR) is 65.1 cm³/mol. The van der Waals surface area contributed by atoms with E-state index >= 15 is 0 Å². The van der Waals surface area contributed by atoms with Gasteiger partial charge in [-0.15, -0.1) is 11.6 Å². The zero-order valence-electron chi connectivity index (χ0n) is 7.74. The number of rotatable bonds is 0. The Morgan fingerprint density at radius 3 is 2.87 bits per heavy atom. The Labute approximate surface area is 101 Å². The first kappa shape index (κ1) is 9.37. The van der Waals surface area contributed by atoms with Crippen LogP contribution in [0, 0.1) is 0 Å². The Hall–Kier alpha value is -0.860. The van der Waals surface area contributed by atoms with Crippen LogP contribution >= 0.6 is 27.5 Å². The second kappa shape index (κ2) is 3.32. The van der Waals surface area contributed by atoms with E-state index in [0.29, 0.717) is 0 Å². The summed E-state index contributed by atoms with van der Waals surface area (Å²) in [5, 5.41) is -0.0840. The molecule has 1 unspecified atom stereocenters. The zero-order valence-corrected chi connectivity index (χ0v) is 10.1. The van der Waals surface area contributed by atoms with Crippen LogP contribution in [-0.2, 0) is 0 Å². The van der Waals surface area contributed by atoms with Crippen LogP contribution in [0.5, 0.6) is 0 Å². The van der Waals surface area contributed by atoms with Crippen LogP contribution in [0.4, 0.5) is 0 Å². The van der Waals surface area contributed by atoms with Gasteiger partial charge in [0.25, 0.3) is 0 Å². The van der Waals surface area contributed by atoms with Gasteiger partial charge in [0.15, 0.2) is 0 Å². The van der Waals surface area contributed by atoms with E-state index in [1.807, 2.05) is 18.2 Å². The summed E-state index contributed by atoms with van der Waals surface area (Å²) in [6.07, 6.45) is 1.80. The smallest absolute Gasteiger partial charge is 0.0874 e. The van der Waals surface area contributed by atoms with Crippen LogP contribution in [0.3, 0.4) is 0 Å². The standard InChI is InChI=1S/C12H7BrClN/c13-9-5-6-15-12-8-4-2-1-3-7(8)11(14)10(9)12/h1-6,11H. The molecule has 1 aromatic heterocycles. The van der Waals surface area contributed by atoms with Crippen LogP contribution in [0.1, 0.15) is 16.5 Å².